The third kappa shape index (κ3) is 2.59. The van der Waals surface area contributed by atoms with Crippen molar-refractivity contribution in [2.75, 3.05) is 0 Å². The largest absolute Gasteiger partial charge is 0.305 e. The van der Waals surface area contributed by atoms with Crippen LogP contribution in [0.4, 0.5) is 0 Å². The number of fused-ring (bicyclic) bond motifs is 12. The molecule has 7 bridgehead atoms. The molecule has 0 aliphatic heterocycles. The molecule has 228 valence electrons. The molecule has 14 rings (SSSR count). The van der Waals surface area contributed by atoms with E-state index in [1.807, 2.05) is 0 Å². The lowest BCUT2D eigenvalue weighted by molar-refractivity contribution is 0.00321. The first-order valence-electron chi connectivity index (χ1n) is 18.7. The van der Waals surface area contributed by atoms with Crippen LogP contribution in [-0.4, -0.2) is 14.4 Å². The number of nitrogens with zero attached hydrogens (tertiary/aromatic N) is 3. The summed E-state index contributed by atoms with van der Waals surface area (Å²) in [6.45, 7) is 4.89. The third-order valence-electron chi connectivity index (χ3n) is 15.8. The monoisotopic (exact) mass is 599 g/mol. The molecule has 6 aromatic rings. The molecule has 0 radical (unpaired) electrons. The molecular formula is C43H41N3. The topological polar surface area (TPSA) is 30.2 Å². The molecule has 0 amide bonds. The highest BCUT2D eigenvalue weighted by molar-refractivity contribution is 6.28. The highest BCUT2D eigenvalue weighted by atomic mass is 15.0. The van der Waals surface area contributed by atoms with Gasteiger partial charge in [0, 0.05) is 44.8 Å². The molecule has 5 fully saturated rings. The predicted octanol–water partition coefficient (Wildman–Crippen LogP) is 10.7. The normalized spacial score (nSPS) is 36.1. The first-order chi connectivity index (χ1) is 22.6. The van der Waals surface area contributed by atoms with Gasteiger partial charge in [-0.1, -0.05) is 30.3 Å². The Morgan fingerprint density at radius 1 is 0.609 bits per heavy atom. The van der Waals surface area contributed by atoms with Crippen LogP contribution in [0.15, 0.2) is 42.7 Å². The molecular weight excluding hydrogens is 558 g/mol. The van der Waals surface area contributed by atoms with Crippen LogP contribution in [0.25, 0.3) is 49.2 Å². The lowest BCUT2D eigenvalue weighted by Gasteiger charge is -2.48. The molecule has 1 spiro atoms. The van der Waals surface area contributed by atoms with Gasteiger partial charge in [0.05, 0.1) is 28.9 Å². The minimum absolute atomic E-state index is 0.635. The minimum Gasteiger partial charge on any atom is -0.305 e. The molecule has 0 N–H and O–H groups in total. The number of aromatic nitrogens is 3. The van der Waals surface area contributed by atoms with Crippen LogP contribution in [0.1, 0.15) is 122 Å². The average Bonchev–Trinajstić information content (AvgIpc) is 3.70. The van der Waals surface area contributed by atoms with Gasteiger partial charge < -0.3 is 4.40 Å². The Balaban J connectivity index is 1.23. The van der Waals surface area contributed by atoms with Gasteiger partial charge in [0.1, 0.15) is 0 Å². The second-order valence-corrected chi connectivity index (χ2v) is 17.5. The number of aryl methyl sites for hydroxylation is 2. The average molecular weight is 600 g/mol. The van der Waals surface area contributed by atoms with Gasteiger partial charge in [-0.05, 0) is 152 Å². The first-order valence-corrected chi connectivity index (χ1v) is 18.7. The van der Waals surface area contributed by atoms with Crippen LogP contribution < -0.4 is 0 Å². The zero-order valence-corrected chi connectivity index (χ0v) is 27.1. The summed E-state index contributed by atoms with van der Waals surface area (Å²) in [5.41, 5.74) is 16.8. The van der Waals surface area contributed by atoms with Crippen molar-refractivity contribution in [1.29, 1.82) is 0 Å². The van der Waals surface area contributed by atoms with Crippen molar-refractivity contribution in [2.24, 2.45) is 29.1 Å². The van der Waals surface area contributed by atoms with Gasteiger partial charge in [-0.25, -0.2) is 0 Å². The lowest BCUT2D eigenvalue weighted by Crippen LogP contribution is -2.41. The maximum absolute atomic E-state index is 5.52. The maximum Gasteiger partial charge on any atom is 0.0728 e. The Kier molecular flexibility index (Phi) is 4.19. The molecule has 8 aliphatic carbocycles. The molecule has 5 saturated carbocycles. The van der Waals surface area contributed by atoms with Crippen LogP contribution in [0.2, 0.25) is 0 Å². The minimum atomic E-state index is 0.635. The zero-order chi connectivity index (χ0) is 29.8. The second kappa shape index (κ2) is 7.80. The maximum atomic E-state index is 5.52. The fourth-order valence-electron chi connectivity index (χ4n) is 14.6. The van der Waals surface area contributed by atoms with Crippen molar-refractivity contribution in [2.45, 2.75) is 102 Å². The highest BCUT2D eigenvalue weighted by Gasteiger charge is 2.66. The number of hydrogen-bond acceptors (Lipinski definition) is 2. The SMILES string of the molecule is Cc1c(-c2ccccc2)c(C)c2c3c4c(ncc3n3c5cnc6c(c5c1c23)C1CC2CC(CC6C2)C1)C1CC2CC3CC4CC23C1. The van der Waals surface area contributed by atoms with E-state index < -0.39 is 0 Å². The van der Waals surface area contributed by atoms with E-state index in [0.717, 1.165) is 23.7 Å². The molecule has 3 heteroatoms. The summed E-state index contributed by atoms with van der Waals surface area (Å²) in [6.07, 6.45) is 18.6. The van der Waals surface area contributed by atoms with Crippen LogP contribution >= 0.6 is 0 Å². The van der Waals surface area contributed by atoms with Crippen molar-refractivity contribution in [3.8, 4) is 11.1 Å². The van der Waals surface area contributed by atoms with E-state index in [-0.39, 0.29) is 0 Å². The molecule has 4 aromatic heterocycles. The predicted molar refractivity (Wildman–Crippen MR) is 185 cm³/mol. The fraction of sp³-hybridized carbons (Fsp3) is 0.488. The fourth-order valence-corrected chi connectivity index (χ4v) is 14.6. The lowest BCUT2D eigenvalue weighted by atomic mass is 9.56. The summed E-state index contributed by atoms with van der Waals surface area (Å²) in [6, 6.07) is 11.3. The zero-order valence-electron chi connectivity index (χ0n) is 27.1. The second-order valence-electron chi connectivity index (χ2n) is 17.5. The smallest absolute Gasteiger partial charge is 0.0728 e. The Bertz CT molecular complexity index is 2350. The van der Waals surface area contributed by atoms with Gasteiger partial charge in [0.25, 0.3) is 0 Å². The Morgan fingerprint density at radius 2 is 1.20 bits per heavy atom. The number of benzene rings is 2. The number of pyridine rings is 2. The number of hydrogen-bond donors (Lipinski definition) is 0. The highest BCUT2D eigenvalue weighted by Crippen LogP contribution is 2.76. The van der Waals surface area contributed by atoms with Crippen molar-refractivity contribution in [3.05, 3.63) is 76.4 Å². The summed E-state index contributed by atoms with van der Waals surface area (Å²) >= 11 is 0. The molecule has 2 aromatic carbocycles. The summed E-state index contributed by atoms with van der Waals surface area (Å²) in [4.78, 5) is 11.0. The van der Waals surface area contributed by atoms with Crippen LogP contribution in [0, 0.1) is 42.9 Å². The van der Waals surface area contributed by atoms with Crippen LogP contribution in [-0.2, 0) is 0 Å². The molecule has 0 saturated heterocycles. The van der Waals surface area contributed by atoms with Crippen molar-refractivity contribution >= 4 is 38.1 Å². The summed E-state index contributed by atoms with van der Waals surface area (Å²) in [5, 5.41) is 6.17. The van der Waals surface area contributed by atoms with E-state index in [1.165, 1.54) is 125 Å². The van der Waals surface area contributed by atoms with Gasteiger partial charge in [-0.2, -0.15) is 0 Å². The molecule has 7 unspecified atom stereocenters. The van der Waals surface area contributed by atoms with Gasteiger partial charge in [-0.3, -0.25) is 9.97 Å². The van der Waals surface area contributed by atoms with Crippen molar-refractivity contribution in [1.82, 2.24) is 14.4 Å². The van der Waals surface area contributed by atoms with E-state index >= 15 is 0 Å². The molecule has 7 atom stereocenters. The van der Waals surface area contributed by atoms with Crippen LogP contribution in [0.3, 0.4) is 0 Å². The van der Waals surface area contributed by atoms with E-state index in [4.69, 9.17) is 9.97 Å². The van der Waals surface area contributed by atoms with Gasteiger partial charge >= 0.3 is 0 Å². The first kappa shape index (κ1) is 24.7. The Labute approximate surface area is 270 Å². The standard InChI is InChI=1S/C43H41N3/c1-20-33(24-6-4-3-5-7-24)21(2)35-39-32(19-45-41-28-14-30-15-29-13-27(37(39)41)16-43(29,30)17-28)46-31-18-44-40-26-11-22-8-23(12-26)10-25(9-22)36(40)38(31)34(20)42(35)46/h3-7,18-19,22-23,25-30H,8-17H2,1-2H3. The quantitative estimate of drug-likeness (QED) is 0.188. The molecule has 4 heterocycles. The van der Waals surface area contributed by atoms with Crippen LogP contribution in [0.5, 0.6) is 0 Å². The third-order valence-corrected chi connectivity index (χ3v) is 15.8. The van der Waals surface area contributed by atoms with Gasteiger partial charge in [0.2, 0.25) is 0 Å². The van der Waals surface area contributed by atoms with E-state index in [1.54, 1.807) is 21.9 Å². The summed E-state index contributed by atoms with van der Waals surface area (Å²) in [5.74, 6) is 6.36. The number of rotatable bonds is 1. The Hall–Kier alpha value is -3.46. The molecule has 46 heavy (non-hydrogen) atoms. The van der Waals surface area contributed by atoms with E-state index in [2.05, 4.69) is 61.0 Å². The molecule has 3 nitrogen and oxygen atoms in total. The van der Waals surface area contributed by atoms with Gasteiger partial charge in [-0.15, -0.1) is 0 Å². The summed E-state index contributed by atoms with van der Waals surface area (Å²) in [7, 11) is 0. The van der Waals surface area contributed by atoms with E-state index in [9.17, 15) is 0 Å². The Morgan fingerprint density at radius 3 is 1.89 bits per heavy atom. The van der Waals surface area contributed by atoms with E-state index in [0.29, 0.717) is 29.1 Å². The molecule has 8 aliphatic rings. The summed E-state index contributed by atoms with van der Waals surface area (Å²) < 4.78 is 2.67. The van der Waals surface area contributed by atoms with Gasteiger partial charge in [0.15, 0.2) is 0 Å². The van der Waals surface area contributed by atoms with Crippen molar-refractivity contribution < 1.29 is 0 Å². The van der Waals surface area contributed by atoms with Crippen molar-refractivity contribution in [3.63, 3.8) is 0 Å².